The van der Waals surface area contributed by atoms with Gasteiger partial charge in [-0.15, -0.1) is 0 Å². The molecule has 0 aliphatic rings. The summed E-state index contributed by atoms with van der Waals surface area (Å²) in [5, 5.41) is 0.755. The summed E-state index contributed by atoms with van der Waals surface area (Å²) in [5.74, 6) is -1.49. The van der Waals surface area contributed by atoms with Crippen molar-refractivity contribution in [1.82, 2.24) is 18.7 Å². The summed E-state index contributed by atoms with van der Waals surface area (Å²) in [6.45, 7) is 4.30. The third kappa shape index (κ3) is 4.45. The molecule has 10 heteroatoms. The molecule has 0 saturated carbocycles. The van der Waals surface area contributed by atoms with Gasteiger partial charge in [0, 0.05) is 19.2 Å². The van der Waals surface area contributed by atoms with Crippen molar-refractivity contribution in [3.05, 3.63) is 90.8 Å². The van der Waals surface area contributed by atoms with E-state index in [-0.39, 0.29) is 35.9 Å². The molecule has 4 aromatic rings. The van der Waals surface area contributed by atoms with Gasteiger partial charge in [0.1, 0.15) is 11.6 Å². The van der Waals surface area contributed by atoms with Crippen molar-refractivity contribution >= 4 is 34.4 Å². The Morgan fingerprint density at radius 1 is 1.03 bits per heavy atom. The lowest BCUT2D eigenvalue weighted by atomic mass is 10.1. The Labute approximate surface area is 197 Å². The Balaban J connectivity index is 1.97. The molecule has 0 fully saturated rings. The molecule has 0 aliphatic heterocycles. The van der Waals surface area contributed by atoms with E-state index in [1.807, 2.05) is 13.8 Å². The minimum atomic E-state index is -0.938. The molecule has 0 bridgehead atoms. The van der Waals surface area contributed by atoms with Crippen LogP contribution in [0.15, 0.2) is 52.3 Å². The van der Waals surface area contributed by atoms with Crippen molar-refractivity contribution in [2.24, 2.45) is 5.92 Å². The average Bonchev–Trinajstić information content (AvgIpc) is 3.15. The summed E-state index contributed by atoms with van der Waals surface area (Å²) in [4.78, 5) is 30.9. The number of hydrogen-bond acceptors (Lipinski definition) is 3. The molecule has 0 atom stereocenters. The largest absolute Gasteiger partial charge is 0.337 e. The van der Waals surface area contributed by atoms with Gasteiger partial charge in [-0.2, -0.15) is 0 Å². The van der Waals surface area contributed by atoms with Gasteiger partial charge in [-0.3, -0.25) is 9.36 Å². The molecule has 6 nitrogen and oxygen atoms in total. The fourth-order valence-corrected chi connectivity index (χ4v) is 3.92. The van der Waals surface area contributed by atoms with Gasteiger partial charge in [-0.1, -0.05) is 43.1 Å². The first-order chi connectivity index (χ1) is 15.7. The zero-order chi connectivity index (χ0) is 23.9. The lowest BCUT2D eigenvalue weighted by Gasteiger charge is -2.14. The number of halogens is 4. The van der Waals surface area contributed by atoms with Crippen LogP contribution in [0.2, 0.25) is 10.0 Å². The van der Waals surface area contributed by atoms with Crippen LogP contribution < -0.4 is 11.2 Å². The van der Waals surface area contributed by atoms with E-state index in [4.69, 9.17) is 23.2 Å². The zero-order valence-electron chi connectivity index (χ0n) is 17.9. The Hall–Kier alpha value is -2.97. The van der Waals surface area contributed by atoms with Crippen molar-refractivity contribution in [3.8, 4) is 5.69 Å². The number of imidazole rings is 1. The molecule has 0 radical (unpaired) electrons. The molecule has 0 saturated heterocycles. The van der Waals surface area contributed by atoms with Crippen LogP contribution in [0.3, 0.4) is 0 Å². The van der Waals surface area contributed by atoms with Gasteiger partial charge in [-0.25, -0.2) is 23.1 Å². The first-order valence-electron chi connectivity index (χ1n) is 10.3. The molecule has 172 valence electrons. The molecule has 4 rings (SSSR count). The lowest BCUT2D eigenvalue weighted by Crippen LogP contribution is -2.40. The second kappa shape index (κ2) is 9.11. The van der Waals surface area contributed by atoms with Crippen LogP contribution in [-0.2, 0) is 13.1 Å². The number of fused-ring (bicyclic) bond motifs is 1. The maximum atomic E-state index is 14.7. The van der Waals surface area contributed by atoms with E-state index < -0.39 is 22.9 Å². The van der Waals surface area contributed by atoms with Gasteiger partial charge in [0.05, 0.1) is 22.1 Å². The monoisotopic (exact) mass is 492 g/mol. The molecular weight excluding hydrogens is 473 g/mol. The van der Waals surface area contributed by atoms with Gasteiger partial charge in [0.15, 0.2) is 11.2 Å². The number of aromatic nitrogens is 4. The van der Waals surface area contributed by atoms with Gasteiger partial charge < -0.3 is 4.57 Å². The molecular formula is C23H20Cl2F2N4O2. The van der Waals surface area contributed by atoms with E-state index in [1.165, 1.54) is 6.33 Å². The summed E-state index contributed by atoms with van der Waals surface area (Å²) < 4.78 is 31.8. The van der Waals surface area contributed by atoms with Gasteiger partial charge >= 0.3 is 5.69 Å². The molecule has 0 amide bonds. The first kappa shape index (κ1) is 23.2. The smallest absolute Gasteiger partial charge is 0.320 e. The highest BCUT2D eigenvalue weighted by Crippen LogP contribution is 2.24. The van der Waals surface area contributed by atoms with Crippen LogP contribution in [0.1, 0.15) is 25.8 Å². The van der Waals surface area contributed by atoms with Gasteiger partial charge in [-0.05, 0) is 42.2 Å². The van der Waals surface area contributed by atoms with E-state index in [2.05, 4.69) is 4.98 Å². The van der Waals surface area contributed by atoms with Gasteiger partial charge in [0.25, 0.3) is 5.56 Å². The van der Waals surface area contributed by atoms with E-state index in [0.29, 0.717) is 22.5 Å². The maximum Gasteiger partial charge on any atom is 0.337 e. The van der Waals surface area contributed by atoms with E-state index in [0.717, 1.165) is 26.8 Å². The molecule has 2 heterocycles. The molecule has 2 aromatic heterocycles. The van der Waals surface area contributed by atoms with Crippen molar-refractivity contribution in [2.45, 2.75) is 33.4 Å². The quantitative estimate of drug-likeness (QED) is 0.379. The Kier molecular flexibility index (Phi) is 6.41. The lowest BCUT2D eigenvalue weighted by molar-refractivity contribution is 0.490. The second-order valence-electron chi connectivity index (χ2n) is 8.15. The zero-order valence-corrected chi connectivity index (χ0v) is 19.4. The highest BCUT2D eigenvalue weighted by atomic mass is 35.5. The fourth-order valence-electron chi connectivity index (χ4n) is 3.60. The van der Waals surface area contributed by atoms with E-state index in [9.17, 15) is 18.4 Å². The molecule has 0 aliphatic carbocycles. The Morgan fingerprint density at radius 2 is 1.79 bits per heavy atom. The predicted molar refractivity (Wildman–Crippen MR) is 125 cm³/mol. The van der Waals surface area contributed by atoms with Crippen LogP contribution in [0.5, 0.6) is 0 Å². The van der Waals surface area contributed by atoms with Crippen molar-refractivity contribution in [3.63, 3.8) is 0 Å². The van der Waals surface area contributed by atoms with Crippen LogP contribution in [0, 0.1) is 17.6 Å². The van der Waals surface area contributed by atoms with E-state index in [1.54, 1.807) is 22.8 Å². The normalized spacial score (nSPS) is 11.6. The third-order valence-corrected chi connectivity index (χ3v) is 6.06. The number of hydrogen-bond donors (Lipinski definition) is 0. The summed E-state index contributed by atoms with van der Waals surface area (Å²) in [6.07, 6.45) is 1.96. The van der Waals surface area contributed by atoms with Crippen molar-refractivity contribution in [1.29, 1.82) is 0 Å². The fraction of sp³-hybridized carbons (Fsp3) is 0.261. The summed E-state index contributed by atoms with van der Waals surface area (Å²) in [6, 6.07) is 7.95. The molecule has 0 spiro atoms. The van der Waals surface area contributed by atoms with Crippen LogP contribution in [-0.4, -0.2) is 18.7 Å². The Bertz CT molecular complexity index is 1470. The minimum absolute atomic E-state index is 0.0173. The van der Waals surface area contributed by atoms with Crippen molar-refractivity contribution < 1.29 is 8.78 Å². The van der Waals surface area contributed by atoms with Crippen LogP contribution in [0.25, 0.3) is 16.9 Å². The molecule has 0 N–H and O–H groups in total. The average molecular weight is 493 g/mol. The SMILES string of the molecule is CC(C)CCn1c(=O)c2c(ncn2Cc2ccc(Cl)c(Cl)c2)n(-c2ccc(F)cc2F)c1=O. The van der Waals surface area contributed by atoms with Crippen LogP contribution in [0.4, 0.5) is 8.78 Å². The molecule has 0 unspecified atom stereocenters. The molecule has 33 heavy (non-hydrogen) atoms. The van der Waals surface area contributed by atoms with Crippen LogP contribution >= 0.6 is 23.2 Å². The predicted octanol–water partition coefficient (Wildman–Crippen LogP) is 5.03. The first-order valence-corrected chi connectivity index (χ1v) is 11.0. The summed E-state index contributed by atoms with van der Waals surface area (Å²) in [7, 11) is 0. The number of benzene rings is 2. The standard InChI is InChI=1S/C23H20Cl2F2N4O2/c1-13(2)7-8-30-22(32)20-21(31(23(30)33)19-6-4-15(26)10-18(19)27)28-12-29(20)11-14-3-5-16(24)17(25)9-14/h3-6,9-10,12-13H,7-8,11H2,1-2H3. The van der Waals surface area contributed by atoms with Gasteiger partial charge in [0.2, 0.25) is 0 Å². The summed E-state index contributed by atoms with van der Waals surface area (Å²) in [5.41, 5.74) is -0.609. The molecule has 2 aromatic carbocycles. The number of rotatable bonds is 6. The topological polar surface area (TPSA) is 61.8 Å². The Morgan fingerprint density at radius 3 is 2.45 bits per heavy atom. The second-order valence-corrected chi connectivity index (χ2v) is 8.96. The summed E-state index contributed by atoms with van der Waals surface area (Å²) >= 11 is 12.1. The number of nitrogens with zero attached hydrogens (tertiary/aromatic N) is 4. The van der Waals surface area contributed by atoms with E-state index >= 15 is 0 Å². The third-order valence-electron chi connectivity index (χ3n) is 5.32. The minimum Gasteiger partial charge on any atom is -0.320 e. The highest BCUT2D eigenvalue weighted by molar-refractivity contribution is 6.42. The highest BCUT2D eigenvalue weighted by Gasteiger charge is 2.21. The maximum absolute atomic E-state index is 14.7. The van der Waals surface area contributed by atoms with Crippen molar-refractivity contribution in [2.75, 3.05) is 0 Å².